The first-order valence-electron chi connectivity index (χ1n) is 8.33. The maximum absolute atomic E-state index is 12.4. The number of fused-ring (bicyclic) bond motifs is 1. The monoisotopic (exact) mass is 365 g/mol. The van der Waals surface area contributed by atoms with E-state index in [2.05, 4.69) is 15.6 Å². The molecule has 0 aliphatic carbocycles. The normalized spacial score (nSPS) is 11.6. The summed E-state index contributed by atoms with van der Waals surface area (Å²) in [6.45, 7) is -0.547. The molecule has 1 aromatic heterocycles. The number of rotatable bonds is 6. The second-order valence-electron chi connectivity index (χ2n) is 5.82. The Bertz CT molecular complexity index is 974. The smallest absolute Gasteiger partial charge is 0.270 e. The summed E-state index contributed by atoms with van der Waals surface area (Å²) in [7, 11) is 1.52. The van der Waals surface area contributed by atoms with Gasteiger partial charge in [-0.15, -0.1) is 0 Å². The van der Waals surface area contributed by atoms with Gasteiger partial charge in [0.05, 0.1) is 19.2 Å². The van der Waals surface area contributed by atoms with Crippen molar-refractivity contribution in [2.45, 2.75) is 6.04 Å². The van der Waals surface area contributed by atoms with Crippen molar-refractivity contribution in [2.24, 2.45) is 0 Å². The molecule has 138 valence electrons. The van der Waals surface area contributed by atoms with Crippen molar-refractivity contribution in [3.05, 3.63) is 66.4 Å². The summed E-state index contributed by atoms with van der Waals surface area (Å²) in [5, 5.41) is 15.6. The number of pyridine rings is 1. The molecule has 7 nitrogen and oxygen atoms in total. The van der Waals surface area contributed by atoms with Crippen LogP contribution in [0.4, 0.5) is 5.69 Å². The minimum atomic E-state index is -1.11. The van der Waals surface area contributed by atoms with E-state index in [9.17, 15) is 14.7 Å². The number of nitrogens with zero attached hydrogens (tertiary/aromatic N) is 1. The zero-order chi connectivity index (χ0) is 19.2. The third kappa shape index (κ3) is 4.39. The van der Waals surface area contributed by atoms with Crippen LogP contribution in [-0.2, 0) is 4.79 Å². The molecule has 1 atom stereocenters. The van der Waals surface area contributed by atoms with Gasteiger partial charge in [0.25, 0.3) is 5.91 Å². The highest BCUT2D eigenvalue weighted by molar-refractivity contribution is 6.01. The van der Waals surface area contributed by atoms with Crippen molar-refractivity contribution in [1.82, 2.24) is 10.3 Å². The molecule has 3 rings (SSSR count). The minimum Gasteiger partial charge on any atom is -0.497 e. The summed E-state index contributed by atoms with van der Waals surface area (Å²) < 4.78 is 5.10. The molecular weight excluding hydrogens is 346 g/mol. The predicted molar refractivity (Wildman–Crippen MR) is 102 cm³/mol. The summed E-state index contributed by atoms with van der Waals surface area (Å²) in [5.74, 6) is -0.502. The second-order valence-corrected chi connectivity index (χ2v) is 5.82. The first-order valence-corrected chi connectivity index (χ1v) is 8.33. The average molecular weight is 365 g/mol. The van der Waals surface area contributed by atoms with Gasteiger partial charge in [-0.1, -0.05) is 30.3 Å². The van der Waals surface area contributed by atoms with Crippen molar-refractivity contribution in [3.8, 4) is 5.75 Å². The number of amides is 2. The van der Waals surface area contributed by atoms with E-state index in [0.29, 0.717) is 17.0 Å². The molecule has 0 aliphatic heterocycles. The van der Waals surface area contributed by atoms with Crippen LogP contribution in [-0.4, -0.2) is 41.7 Å². The number of para-hydroxylation sites is 1. The molecule has 0 unspecified atom stereocenters. The van der Waals surface area contributed by atoms with E-state index in [4.69, 9.17) is 4.74 Å². The predicted octanol–water partition coefficient (Wildman–Crippen LogP) is 1.97. The lowest BCUT2D eigenvalue weighted by molar-refractivity contribution is -0.118. The Morgan fingerprint density at radius 1 is 1.11 bits per heavy atom. The van der Waals surface area contributed by atoms with Crippen LogP contribution < -0.4 is 15.4 Å². The number of benzene rings is 2. The Morgan fingerprint density at radius 2 is 1.93 bits per heavy atom. The maximum Gasteiger partial charge on any atom is 0.270 e. The van der Waals surface area contributed by atoms with Crippen LogP contribution in [0.15, 0.2) is 60.7 Å². The van der Waals surface area contributed by atoms with E-state index < -0.39 is 24.5 Å². The van der Waals surface area contributed by atoms with Crippen LogP contribution >= 0.6 is 0 Å². The molecule has 3 N–H and O–H groups in total. The molecule has 0 aliphatic rings. The molecule has 7 heteroatoms. The standard InChI is InChI=1S/C20H19N3O4/c1-27-15-7-4-6-14(11-15)21-20(26)18(12-24)23-19(25)17-10-9-13-5-2-3-8-16(13)22-17/h2-11,18,24H,12H2,1H3,(H,21,26)(H,23,25)/t18-/m0/s1. The lowest BCUT2D eigenvalue weighted by atomic mass is 10.2. The molecule has 0 bridgehead atoms. The number of ether oxygens (including phenoxy) is 1. The van der Waals surface area contributed by atoms with Crippen LogP contribution in [0.5, 0.6) is 5.75 Å². The van der Waals surface area contributed by atoms with E-state index in [1.165, 1.54) is 7.11 Å². The minimum absolute atomic E-state index is 0.168. The number of carbonyl (C=O) groups excluding carboxylic acids is 2. The number of aliphatic hydroxyl groups excluding tert-OH is 1. The molecule has 2 amide bonds. The number of hydrogen-bond donors (Lipinski definition) is 3. The molecule has 0 spiro atoms. The van der Waals surface area contributed by atoms with Gasteiger partial charge in [-0.3, -0.25) is 9.59 Å². The fourth-order valence-corrected chi connectivity index (χ4v) is 2.55. The third-order valence-corrected chi connectivity index (χ3v) is 3.97. The van der Waals surface area contributed by atoms with Gasteiger partial charge in [0.15, 0.2) is 0 Å². The summed E-state index contributed by atoms with van der Waals surface area (Å²) in [5.41, 5.74) is 1.34. The number of aromatic nitrogens is 1. The highest BCUT2D eigenvalue weighted by atomic mass is 16.5. The number of carbonyl (C=O) groups is 2. The first-order chi connectivity index (χ1) is 13.1. The summed E-state index contributed by atoms with van der Waals surface area (Å²) in [4.78, 5) is 29.1. The fourth-order valence-electron chi connectivity index (χ4n) is 2.55. The SMILES string of the molecule is COc1cccc(NC(=O)[C@H](CO)NC(=O)c2ccc3ccccc3n2)c1. The number of aliphatic hydroxyl groups is 1. The molecule has 1 heterocycles. The molecule has 0 fully saturated rings. The van der Waals surface area contributed by atoms with E-state index >= 15 is 0 Å². The van der Waals surface area contributed by atoms with Gasteiger partial charge in [0.1, 0.15) is 17.5 Å². The first kappa shape index (κ1) is 18.3. The number of anilines is 1. The lowest BCUT2D eigenvalue weighted by Gasteiger charge is -2.16. The van der Waals surface area contributed by atoms with E-state index in [1.54, 1.807) is 42.5 Å². The fraction of sp³-hybridized carbons (Fsp3) is 0.150. The number of hydrogen-bond acceptors (Lipinski definition) is 5. The number of nitrogens with one attached hydrogen (secondary N) is 2. The molecule has 2 aromatic carbocycles. The van der Waals surface area contributed by atoms with Gasteiger partial charge in [-0.25, -0.2) is 4.98 Å². The largest absolute Gasteiger partial charge is 0.497 e. The highest BCUT2D eigenvalue weighted by Gasteiger charge is 2.21. The molecule has 0 saturated carbocycles. The topological polar surface area (TPSA) is 101 Å². The quantitative estimate of drug-likeness (QED) is 0.620. The van der Waals surface area contributed by atoms with Gasteiger partial charge in [-0.05, 0) is 24.3 Å². The third-order valence-electron chi connectivity index (χ3n) is 3.97. The van der Waals surface area contributed by atoms with Crippen molar-refractivity contribution in [3.63, 3.8) is 0 Å². The Morgan fingerprint density at radius 3 is 2.70 bits per heavy atom. The zero-order valence-corrected chi connectivity index (χ0v) is 14.7. The lowest BCUT2D eigenvalue weighted by Crippen LogP contribution is -2.46. The second kappa shape index (κ2) is 8.29. The van der Waals surface area contributed by atoms with Crippen LogP contribution in [0, 0.1) is 0 Å². The molecule has 0 saturated heterocycles. The Balaban J connectivity index is 1.70. The summed E-state index contributed by atoms with van der Waals surface area (Å²) >= 11 is 0. The molecule has 3 aromatic rings. The van der Waals surface area contributed by atoms with E-state index in [-0.39, 0.29) is 5.69 Å². The maximum atomic E-state index is 12.4. The van der Waals surface area contributed by atoms with Crippen LogP contribution in [0.2, 0.25) is 0 Å². The van der Waals surface area contributed by atoms with Crippen molar-refractivity contribution in [2.75, 3.05) is 19.0 Å². The Kier molecular flexibility index (Phi) is 5.63. The molecule has 27 heavy (non-hydrogen) atoms. The highest BCUT2D eigenvalue weighted by Crippen LogP contribution is 2.17. The molecular formula is C20H19N3O4. The van der Waals surface area contributed by atoms with Gasteiger partial charge >= 0.3 is 0 Å². The van der Waals surface area contributed by atoms with Crippen molar-refractivity contribution >= 4 is 28.4 Å². The number of methoxy groups -OCH3 is 1. The summed E-state index contributed by atoms with van der Waals surface area (Å²) in [6.07, 6.45) is 0. The van der Waals surface area contributed by atoms with Crippen LogP contribution in [0.25, 0.3) is 10.9 Å². The van der Waals surface area contributed by atoms with E-state index in [1.807, 2.05) is 18.2 Å². The molecule has 0 radical (unpaired) electrons. The summed E-state index contributed by atoms with van der Waals surface area (Å²) in [6, 6.07) is 16.4. The zero-order valence-electron chi connectivity index (χ0n) is 14.7. The van der Waals surface area contributed by atoms with Crippen LogP contribution in [0.3, 0.4) is 0 Å². The van der Waals surface area contributed by atoms with Crippen molar-refractivity contribution in [1.29, 1.82) is 0 Å². The van der Waals surface area contributed by atoms with Gasteiger partial charge in [0.2, 0.25) is 5.91 Å². The van der Waals surface area contributed by atoms with Gasteiger partial charge in [0, 0.05) is 17.1 Å². The average Bonchev–Trinajstić information content (AvgIpc) is 2.71. The van der Waals surface area contributed by atoms with Crippen LogP contribution in [0.1, 0.15) is 10.5 Å². The van der Waals surface area contributed by atoms with E-state index in [0.717, 1.165) is 5.39 Å². The van der Waals surface area contributed by atoms with Gasteiger partial charge in [-0.2, -0.15) is 0 Å². The Hall–Kier alpha value is -3.45. The Labute approximate surface area is 156 Å². The van der Waals surface area contributed by atoms with Gasteiger partial charge < -0.3 is 20.5 Å². The van der Waals surface area contributed by atoms with Crippen molar-refractivity contribution < 1.29 is 19.4 Å².